The summed E-state index contributed by atoms with van der Waals surface area (Å²) >= 11 is 0. The summed E-state index contributed by atoms with van der Waals surface area (Å²) in [6.07, 6.45) is -3.12. The van der Waals surface area contributed by atoms with E-state index in [9.17, 15) is 13.2 Å². The number of hydrogen-bond donors (Lipinski definition) is 2. The minimum absolute atomic E-state index is 0.0763. The largest absolute Gasteiger partial charge is 0.491 e. The maximum atomic E-state index is 12.7. The van der Waals surface area contributed by atoms with Crippen molar-refractivity contribution in [1.82, 2.24) is 5.09 Å². The van der Waals surface area contributed by atoms with E-state index in [0.29, 0.717) is 26.5 Å². The molecule has 1 aromatic rings. The smallest absolute Gasteiger partial charge is 0.416 e. The molecule has 1 unspecified atom stereocenters. The number of aliphatic hydroxyl groups excluding tert-OH is 1. The van der Waals surface area contributed by atoms with E-state index in [1.807, 2.05) is 6.66 Å². The number of halogens is 3. The third-order valence-electron chi connectivity index (χ3n) is 2.66. The molecule has 0 bridgehead atoms. The molecule has 2 N–H and O–H groups in total. The number of rotatable bonds is 8. The first-order valence-corrected chi connectivity index (χ1v) is 7.82. The molecule has 1 aromatic carbocycles. The Bertz CT molecular complexity index is 413. The van der Waals surface area contributed by atoms with Crippen LogP contribution < -0.4 is 9.82 Å². The summed E-state index contributed by atoms with van der Waals surface area (Å²) in [6, 6.07) is 3.45. The van der Waals surface area contributed by atoms with Crippen molar-refractivity contribution >= 4 is 8.73 Å². The van der Waals surface area contributed by atoms with E-state index in [0.717, 1.165) is 25.1 Å². The SMILES string of the molecule is CPNCCCc1cc(C(F)(F)F)ccc1OCCO. The van der Waals surface area contributed by atoms with Crippen molar-refractivity contribution in [2.45, 2.75) is 19.0 Å². The van der Waals surface area contributed by atoms with Crippen molar-refractivity contribution in [1.29, 1.82) is 0 Å². The Balaban J connectivity index is 2.82. The molecule has 0 aliphatic carbocycles. The summed E-state index contributed by atoms with van der Waals surface area (Å²) in [6.45, 7) is 2.66. The minimum atomic E-state index is -4.35. The van der Waals surface area contributed by atoms with Crippen LogP contribution in [0.15, 0.2) is 18.2 Å². The van der Waals surface area contributed by atoms with Crippen molar-refractivity contribution in [3.63, 3.8) is 0 Å². The summed E-state index contributed by atoms with van der Waals surface area (Å²) in [4.78, 5) is 0. The number of aliphatic hydroxyl groups is 1. The lowest BCUT2D eigenvalue weighted by molar-refractivity contribution is -0.137. The van der Waals surface area contributed by atoms with E-state index in [4.69, 9.17) is 9.84 Å². The highest BCUT2D eigenvalue weighted by atomic mass is 31.1. The van der Waals surface area contributed by atoms with E-state index in [2.05, 4.69) is 5.09 Å². The van der Waals surface area contributed by atoms with Gasteiger partial charge in [-0.3, -0.25) is 5.09 Å². The van der Waals surface area contributed by atoms with Crippen LogP contribution in [0, 0.1) is 0 Å². The fraction of sp³-hybridized carbons (Fsp3) is 0.538. The van der Waals surface area contributed by atoms with E-state index < -0.39 is 11.7 Å². The lowest BCUT2D eigenvalue weighted by Gasteiger charge is -2.14. The third kappa shape index (κ3) is 5.65. The van der Waals surface area contributed by atoms with Crippen LogP contribution in [0.25, 0.3) is 0 Å². The van der Waals surface area contributed by atoms with Crippen LogP contribution in [-0.2, 0) is 12.6 Å². The number of aryl methyl sites for hydroxylation is 1. The number of ether oxygens (including phenoxy) is 1. The van der Waals surface area contributed by atoms with Gasteiger partial charge in [-0.2, -0.15) is 13.2 Å². The number of alkyl halides is 3. The highest BCUT2D eigenvalue weighted by Gasteiger charge is 2.31. The summed E-state index contributed by atoms with van der Waals surface area (Å²) in [7, 11) is 0.617. The van der Waals surface area contributed by atoms with Gasteiger partial charge in [0.15, 0.2) is 0 Å². The van der Waals surface area contributed by atoms with E-state index >= 15 is 0 Å². The van der Waals surface area contributed by atoms with Gasteiger partial charge < -0.3 is 9.84 Å². The lowest BCUT2D eigenvalue weighted by Crippen LogP contribution is -2.10. The molecule has 0 radical (unpaired) electrons. The molecule has 20 heavy (non-hydrogen) atoms. The van der Waals surface area contributed by atoms with Crippen molar-refractivity contribution in [2.75, 3.05) is 26.4 Å². The Hall–Kier alpha value is -0.840. The van der Waals surface area contributed by atoms with Crippen LogP contribution in [0.1, 0.15) is 17.5 Å². The van der Waals surface area contributed by atoms with Crippen molar-refractivity contribution in [2.24, 2.45) is 0 Å². The van der Waals surface area contributed by atoms with Crippen molar-refractivity contribution < 1.29 is 23.0 Å². The Morgan fingerprint density at radius 1 is 1.35 bits per heavy atom. The molecule has 0 aliphatic rings. The van der Waals surface area contributed by atoms with Gasteiger partial charge in [0, 0.05) is 0 Å². The van der Waals surface area contributed by atoms with Crippen LogP contribution in [0.3, 0.4) is 0 Å². The molecule has 0 heterocycles. The quantitative estimate of drug-likeness (QED) is 0.573. The van der Waals surface area contributed by atoms with Crippen LogP contribution in [0.5, 0.6) is 5.75 Å². The zero-order chi connectivity index (χ0) is 15.0. The van der Waals surface area contributed by atoms with Crippen LogP contribution in [0.4, 0.5) is 13.2 Å². The molecule has 0 aromatic heterocycles. The second-order valence-electron chi connectivity index (χ2n) is 4.17. The molecule has 1 atom stereocenters. The Labute approximate surface area is 118 Å². The average Bonchev–Trinajstić information content (AvgIpc) is 2.41. The molecule has 3 nitrogen and oxygen atoms in total. The van der Waals surface area contributed by atoms with Gasteiger partial charge >= 0.3 is 6.18 Å². The van der Waals surface area contributed by atoms with Crippen LogP contribution >= 0.6 is 8.73 Å². The summed E-state index contributed by atoms with van der Waals surface area (Å²) < 4.78 is 43.4. The molecule has 1 rings (SSSR count). The first kappa shape index (κ1) is 17.2. The van der Waals surface area contributed by atoms with Gasteiger partial charge in [0.05, 0.1) is 12.2 Å². The highest BCUT2D eigenvalue weighted by Crippen LogP contribution is 2.33. The zero-order valence-corrected chi connectivity index (χ0v) is 12.3. The molecule has 0 fully saturated rings. The summed E-state index contributed by atoms with van der Waals surface area (Å²) in [5.41, 5.74) is -0.149. The zero-order valence-electron chi connectivity index (χ0n) is 11.3. The summed E-state index contributed by atoms with van der Waals surface area (Å²) in [5.74, 6) is 0.408. The first-order valence-electron chi connectivity index (χ1n) is 6.32. The highest BCUT2D eigenvalue weighted by molar-refractivity contribution is 7.34. The maximum Gasteiger partial charge on any atom is 0.416 e. The molecule has 0 saturated carbocycles. The molecule has 7 heteroatoms. The lowest BCUT2D eigenvalue weighted by atomic mass is 10.0. The van der Waals surface area contributed by atoms with Gasteiger partial charge in [0.1, 0.15) is 12.4 Å². The predicted molar refractivity (Wildman–Crippen MR) is 74.6 cm³/mol. The average molecular weight is 309 g/mol. The standard InChI is InChI=1S/C13H19F3NO2P/c1-20-17-6-2-3-10-9-11(13(14,15)16)4-5-12(10)19-8-7-18/h4-5,9,17-18,20H,2-3,6-8H2,1H3. The van der Waals surface area contributed by atoms with Crippen molar-refractivity contribution in [3.05, 3.63) is 29.3 Å². The van der Waals surface area contributed by atoms with Crippen LogP contribution in [0.2, 0.25) is 0 Å². The second-order valence-corrected chi connectivity index (χ2v) is 5.03. The Morgan fingerprint density at radius 3 is 2.70 bits per heavy atom. The van der Waals surface area contributed by atoms with E-state index in [-0.39, 0.29) is 13.2 Å². The topological polar surface area (TPSA) is 41.5 Å². The van der Waals surface area contributed by atoms with Gasteiger partial charge in [-0.25, -0.2) is 0 Å². The maximum absolute atomic E-state index is 12.7. The van der Waals surface area contributed by atoms with Gasteiger partial charge in [-0.05, 0) is 49.8 Å². The van der Waals surface area contributed by atoms with E-state index in [1.165, 1.54) is 6.07 Å². The molecule has 0 spiro atoms. The predicted octanol–water partition coefficient (Wildman–Crippen LogP) is 2.82. The van der Waals surface area contributed by atoms with Crippen LogP contribution in [-0.4, -0.2) is 31.5 Å². The third-order valence-corrected chi connectivity index (χ3v) is 3.26. The van der Waals surface area contributed by atoms with Gasteiger partial charge in [-0.1, -0.05) is 8.73 Å². The monoisotopic (exact) mass is 309 g/mol. The number of hydrogen-bond acceptors (Lipinski definition) is 3. The fourth-order valence-corrected chi connectivity index (χ4v) is 2.17. The normalized spacial score (nSPS) is 12.2. The molecular formula is C13H19F3NO2P. The van der Waals surface area contributed by atoms with Gasteiger partial charge in [0.2, 0.25) is 0 Å². The Morgan fingerprint density at radius 2 is 2.10 bits per heavy atom. The van der Waals surface area contributed by atoms with Gasteiger partial charge in [-0.15, -0.1) is 0 Å². The fourth-order valence-electron chi connectivity index (χ4n) is 1.74. The molecular weight excluding hydrogens is 290 g/mol. The second kappa shape index (κ2) is 8.45. The van der Waals surface area contributed by atoms with Crippen molar-refractivity contribution in [3.8, 4) is 5.75 Å². The molecule has 114 valence electrons. The molecule has 0 amide bonds. The van der Waals surface area contributed by atoms with E-state index in [1.54, 1.807) is 0 Å². The number of nitrogens with one attached hydrogen (secondary N) is 1. The molecule has 0 aliphatic heterocycles. The minimum Gasteiger partial charge on any atom is -0.491 e. The van der Waals surface area contributed by atoms with Gasteiger partial charge in [0.25, 0.3) is 0 Å². The first-order chi connectivity index (χ1) is 9.49. The molecule has 0 saturated heterocycles. The summed E-state index contributed by atoms with van der Waals surface area (Å²) in [5, 5.41) is 11.9. The number of benzene rings is 1. The Kier molecular flexibility index (Phi) is 7.27.